The Balaban J connectivity index is 2.33. The molecule has 0 radical (unpaired) electrons. The lowest BCUT2D eigenvalue weighted by molar-refractivity contribution is 0.515. The van der Waals surface area contributed by atoms with Crippen LogP contribution in [0.5, 0.6) is 0 Å². The molecule has 0 aliphatic rings. The molecule has 0 saturated heterocycles. The Labute approximate surface area is 125 Å². The molecular weight excluding hydrogens is 322 g/mol. The second-order valence-corrected chi connectivity index (χ2v) is 6.39. The van der Waals surface area contributed by atoms with Crippen LogP contribution in [0.25, 0.3) is 0 Å². The van der Waals surface area contributed by atoms with Gasteiger partial charge in [0.25, 0.3) is 0 Å². The summed E-state index contributed by atoms with van der Waals surface area (Å²) in [5, 5.41) is 0.00241. The molecule has 1 unspecified atom stereocenters. The van der Waals surface area contributed by atoms with E-state index in [1.165, 1.54) is 25.3 Å². The summed E-state index contributed by atoms with van der Waals surface area (Å²) >= 11 is 5.63. The van der Waals surface area contributed by atoms with E-state index in [-0.39, 0.29) is 15.6 Å². The maximum absolute atomic E-state index is 13.6. The second-order valence-electron chi connectivity index (χ2n) is 4.29. The molecule has 0 saturated carbocycles. The topological polar surface area (TPSA) is 59.1 Å². The molecule has 0 aliphatic heterocycles. The largest absolute Gasteiger partial charge is 0.244 e. The van der Waals surface area contributed by atoms with Crippen LogP contribution in [0, 0.1) is 11.6 Å². The normalized spacial score (nSPS) is 13.1. The molecule has 1 atom stereocenters. The number of aromatic nitrogens is 1. The standard InChI is InChI=1S/C13H11ClF2N2O2S/c1-8(13-10(15)3-2-4-11(13)16)18-21(19,20)9-5-6-17-12(14)7-9/h2-8,18H,1H3. The van der Waals surface area contributed by atoms with Gasteiger partial charge in [0.15, 0.2) is 0 Å². The Morgan fingerprint density at radius 3 is 2.43 bits per heavy atom. The van der Waals surface area contributed by atoms with Crippen molar-refractivity contribution in [3.63, 3.8) is 0 Å². The molecule has 1 aromatic heterocycles. The first-order valence-corrected chi connectivity index (χ1v) is 7.75. The summed E-state index contributed by atoms with van der Waals surface area (Å²) in [4.78, 5) is 3.54. The highest BCUT2D eigenvalue weighted by Crippen LogP contribution is 2.23. The second kappa shape index (κ2) is 6.05. The first kappa shape index (κ1) is 15.8. The van der Waals surface area contributed by atoms with Gasteiger partial charge in [-0.1, -0.05) is 17.7 Å². The molecule has 2 rings (SSSR count). The first-order valence-electron chi connectivity index (χ1n) is 5.89. The number of rotatable bonds is 4. The molecule has 1 heterocycles. The number of nitrogens with one attached hydrogen (secondary N) is 1. The maximum atomic E-state index is 13.6. The summed E-state index contributed by atoms with van der Waals surface area (Å²) in [7, 11) is -3.97. The van der Waals surface area contributed by atoms with Crippen LogP contribution < -0.4 is 4.72 Å². The van der Waals surface area contributed by atoms with E-state index < -0.39 is 27.7 Å². The van der Waals surface area contributed by atoms with Gasteiger partial charge in [-0.3, -0.25) is 0 Å². The zero-order valence-corrected chi connectivity index (χ0v) is 12.4. The average molecular weight is 333 g/mol. The van der Waals surface area contributed by atoms with Crippen LogP contribution >= 0.6 is 11.6 Å². The van der Waals surface area contributed by atoms with Crippen molar-refractivity contribution in [3.8, 4) is 0 Å². The van der Waals surface area contributed by atoms with Gasteiger partial charge in [0, 0.05) is 17.8 Å². The van der Waals surface area contributed by atoms with E-state index >= 15 is 0 Å². The smallest absolute Gasteiger partial charge is 0.241 e. The molecule has 1 aromatic carbocycles. The van der Waals surface area contributed by atoms with Gasteiger partial charge in [-0.2, -0.15) is 0 Å². The third-order valence-electron chi connectivity index (χ3n) is 2.77. The number of benzene rings is 1. The van der Waals surface area contributed by atoms with Crippen molar-refractivity contribution in [2.24, 2.45) is 0 Å². The fraction of sp³-hybridized carbons (Fsp3) is 0.154. The van der Waals surface area contributed by atoms with Crippen molar-refractivity contribution in [3.05, 3.63) is 58.9 Å². The first-order chi connectivity index (χ1) is 9.81. The Morgan fingerprint density at radius 2 is 1.86 bits per heavy atom. The van der Waals surface area contributed by atoms with Gasteiger partial charge in [-0.15, -0.1) is 0 Å². The minimum absolute atomic E-state index is 0.00241. The molecule has 0 aliphatic carbocycles. The summed E-state index contributed by atoms with van der Waals surface area (Å²) in [6.45, 7) is 1.35. The van der Waals surface area contributed by atoms with E-state index in [4.69, 9.17) is 11.6 Å². The third-order valence-corrected chi connectivity index (χ3v) is 4.52. The van der Waals surface area contributed by atoms with Crippen molar-refractivity contribution in [1.29, 1.82) is 0 Å². The molecule has 21 heavy (non-hydrogen) atoms. The molecule has 0 bridgehead atoms. The van der Waals surface area contributed by atoms with Crippen LogP contribution in [0.15, 0.2) is 41.4 Å². The van der Waals surface area contributed by atoms with E-state index in [2.05, 4.69) is 9.71 Å². The maximum Gasteiger partial charge on any atom is 0.241 e. The van der Waals surface area contributed by atoms with Crippen LogP contribution in [0.4, 0.5) is 8.78 Å². The van der Waals surface area contributed by atoms with Gasteiger partial charge in [0.05, 0.1) is 4.90 Å². The van der Waals surface area contributed by atoms with E-state index in [1.54, 1.807) is 0 Å². The average Bonchev–Trinajstić information content (AvgIpc) is 2.37. The number of halogens is 3. The van der Waals surface area contributed by atoms with Gasteiger partial charge in [0.2, 0.25) is 10.0 Å². The van der Waals surface area contributed by atoms with Gasteiger partial charge in [-0.05, 0) is 31.2 Å². The van der Waals surface area contributed by atoms with Crippen LogP contribution in [-0.2, 0) is 10.0 Å². The minimum atomic E-state index is -3.97. The summed E-state index contributed by atoms with van der Waals surface area (Å²) in [5.41, 5.74) is -0.346. The van der Waals surface area contributed by atoms with Gasteiger partial charge in [0.1, 0.15) is 16.8 Å². The highest BCUT2D eigenvalue weighted by molar-refractivity contribution is 7.89. The lowest BCUT2D eigenvalue weighted by Crippen LogP contribution is -2.28. The summed E-state index contributed by atoms with van der Waals surface area (Å²) < 4.78 is 53.8. The van der Waals surface area contributed by atoms with Crippen molar-refractivity contribution >= 4 is 21.6 Å². The molecule has 4 nitrogen and oxygen atoms in total. The van der Waals surface area contributed by atoms with Crippen LogP contribution in [-0.4, -0.2) is 13.4 Å². The third kappa shape index (κ3) is 3.55. The van der Waals surface area contributed by atoms with Crippen LogP contribution in [0.2, 0.25) is 5.15 Å². The molecule has 0 amide bonds. The number of pyridine rings is 1. The minimum Gasteiger partial charge on any atom is -0.244 e. The van der Waals surface area contributed by atoms with Crippen molar-refractivity contribution in [1.82, 2.24) is 9.71 Å². The number of nitrogens with zero attached hydrogens (tertiary/aromatic N) is 1. The highest BCUT2D eigenvalue weighted by Gasteiger charge is 2.23. The molecule has 1 N–H and O–H groups in total. The fourth-order valence-electron chi connectivity index (χ4n) is 1.84. The SMILES string of the molecule is CC(NS(=O)(=O)c1ccnc(Cl)c1)c1c(F)cccc1F. The summed E-state index contributed by atoms with van der Waals surface area (Å²) in [5.74, 6) is -1.64. The highest BCUT2D eigenvalue weighted by atomic mass is 35.5. The Hall–Kier alpha value is -1.57. The Bertz CT molecular complexity index is 748. The summed E-state index contributed by atoms with van der Waals surface area (Å²) in [6.07, 6.45) is 1.23. The Kier molecular flexibility index (Phi) is 4.55. The van der Waals surface area contributed by atoms with Crippen LogP contribution in [0.1, 0.15) is 18.5 Å². The van der Waals surface area contributed by atoms with E-state index in [9.17, 15) is 17.2 Å². The number of hydrogen-bond donors (Lipinski definition) is 1. The molecular formula is C13H11ClF2N2O2S. The van der Waals surface area contributed by atoms with E-state index in [1.807, 2.05) is 0 Å². The van der Waals surface area contributed by atoms with Gasteiger partial charge >= 0.3 is 0 Å². The van der Waals surface area contributed by atoms with Gasteiger partial charge < -0.3 is 0 Å². The molecule has 112 valence electrons. The zero-order valence-electron chi connectivity index (χ0n) is 10.8. The lowest BCUT2D eigenvalue weighted by atomic mass is 10.1. The zero-order chi connectivity index (χ0) is 15.6. The molecule has 0 spiro atoms. The van der Waals surface area contributed by atoms with E-state index in [0.29, 0.717) is 0 Å². The fourth-order valence-corrected chi connectivity index (χ4v) is 3.30. The predicted octanol–water partition coefficient (Wildman–Crippen LogP) is 3.05. The lowest BCUT2D eigenvalue weighted by Gasteiger charge is -2.16. The quantitative estimate of drug-likeness (QED) is 0.875. The van der Waals surface area contributed by atoms with E-state index in [0.717, 1.165) is 18.2 Å². The summed E-state index contributed by atoms with van der Waals surface area (Å²) in [6, 6.07) is 4.63. The molecule has 0 fully saturated rings. The Morgan fingerprint density at radius 1 is 1.24 bits per heavy atom. The monoisotopic (exact) mass is 332 g/mol. The van der Waals surface area contributed by atoms with Crippen LogP contribution in [0.3, 0.4) is 0 Å². The number of hydrogen-bond acceptors (Lipinski definition) is 3. The molecule has 2 aromatic rings. The molecule has 8 heteroatoms. The van der Waals surface area contributed by atoms with Crippen molar-refractivity contribution in [2.75, 3.05) is 0 Å². The number of sulfonamides is 1. The van der Waals surface area contributed by atoms with Crippen molar-refractivity contribution < 1.29 is 17.2 Å². The van der Waals surface area contributed by atoms with Gasteiger partial charge in [-0.25, -0.2) is 26.9 Å². The van der Waals surface area contributed by atoms with Crippen molar-refractivity contribution in [2.45, 2.75) is 17.9 Å². The predicted molar refractivity (Wildman–Crippen MR) is 74.3 cm³/mol.